The molecule has 0 aliphatic heterocycles. The van der Waals surface area contributed by atoms with Crippen LogP contribution in [0.5, 0.6) is 5.06 Å². The highest BCUT2D eigenvalue weighted by Gasteiger charge is 2.59. The lowest BCUT2D eigenvalue weighted by molar-refractivity contribution is -0.148. The van der Waals surface area contributed by atoms with Gasteiger partial charge in [-0.15, -0.1) is 0 Å². The van der Waals surface area contributed by atoms with Crippen LogP contribution >= 0.6 is 11.3 Å². The topological polar surface area (TPSA) is 48.4 Å². The van der Waals surface area contributed by atoms with E-state index >= 15 is 0 Å². The van der Waals surface area contributed by atoms with Crippen LogP contribution in [-0.2, 0) is 9.53 Å². The van der Waals surface area contributed by atoms with Gasteiger partial charge in [-0.3, -0.25) is 4.79 Å². The van der Waals surface area contributed by atoms with E-state index in [4.69, 9.17) is 14.5 Å². The Balaban J connectivity index is 1.39. The summed E-state index contributed by atoms with van der Waals surface area (Å²) in [5.41, 5.74) is 2.23. The molecule has 0 bridgehead atoms. The summed E-state index contributed by atoms with van der Waals surface area (Å²) in [4.78, 5) is 16.2. The predicted octanol–water partition coefficient (Wildman–Crippen LogP) is 6.13. The molecule has 0 spiro atoms. The van der Waals surface area contributed by atoms with Crippen molar-refractivity contribution in [3.05, 3.63) is 22.9 Å². The minimum Gasteiger partial charge on any atom is -0.486 e. The number of hydrogen-bond acceptors (Lipinski definition) is 5. The second-order valence-electron chi connectivity index (χ2n) is 10.6. The average Bonchev–Trinajstić information content (AvgIpc) is 3.31. The van der Waals surface area contributed by atoms with Crippen LogP contribution in [0.25, 0.3) is 0 Å². The van der Waals surface area contributed by atoms with Gasteiger partial charge in [0.25, 0.3) is 0 Å². The molecule has 3 fully saturated rings. The molecule has 4 aliphatic carbocycles. The first kappa shape index (κ1) is 20.5. The normalized spacial score (nSPS) is 42.5. The third-order valence-corrected chi connectivity index (χ3v) is 10.5. The van der Waals surface area contributed by atoms with Gasteiger partial charge >= 0.3 is 5.97 Å². The summed E-state index contributed by atoms with van der Waals surface area (Å²) in [6.45, 7) is 6.61. The van der Waals surface area contributed by atoms with E-state index in [-0.39, 0.29) is 12.1 Å². The molecule has 5 heteroatoms. The van der Waals surface area contributed by atoms with Crippen LogP contribution in [0.15, 0.2) is 17.8 Å². The van der Waals surface area contributed by atoms with Crippen LogP contribution in [0.4, 0.5) is 0 Å². The van der Waals surface area contributed by atoms with E-state index in [1.54, 1.807) is 24.0 Å². The fraction of sp³-hybridized carbons (Fsp3) is 0.760. The van der Waals surface area contributed by atoms with Crippen molar-refractivity contribution in [2.75, 3.05) is 7.11 Å². The molecule has 0 aromatic carbocycles. The first-order valence-corrected chi connectivity index (χ1v) is 12.5. The van der Waals surface area contributed by atoms with Crippen molar-refractivity contribution in [3.63, 3.8) is 0 Å². The average molecular weight is 430 g/mol. The van der Waals surface area contributed by atoms with E-state index in [0.717, 1.165) is 42.1 Å². The van der Waals surface area contributed by atoms with Gasteiger partial charge in [0.2, 0.25) is 0 Å². The number of hydrogen-bond donors (Lipinski definition) is 0. The van der Waals surface area contributed by atoms with Crippen molar-refractivity contribution in [1.29, 1.82) is 0 Å². The zero-order valence-electron chi connectivity index (χ0n) is 18.8. The van der Waals surface area contributed by atoms with Gasteiger partial charge in [-0.1, -0.05) is 36.8 Å². The van der Waals surface area contributed by atoms with Crippen molar-refractivity contribution in [2.24, 2.45) is 28.6 Å². The Kier molecular flexibility index (Phi) is 5.04. The van der Waals surface area contributed by atoms with Gasteiger partial charge in [0.15, 0.2) is 5.06 Å². The molecule has 0 N–H and O–H groups in total. The van der Waals surface area contributed by atoms with Crippen LogP contribution in [0.3, 0.4) is 0 Å². The summed E-state index contributed by atoms with van der Waals surface area (Å²) in [5.74, 6) is 2.79. The van der Waals surface area contributed by atoms with Crippen molar-refractivity contribution in [1.82, 2.24) is 4.98 Å². The smallest absolute Gasteiger partial charge is 0.302 e. The number of nitrogens with zero attached hydrogens (tertiary/aromatic N) is 1. The van der Waals surface area contributed by atoms with E-state index in [1.807, 2.05) is 6.20 Å². The highest BCUT2D eigenvalue weighted by Crippen LogP contribution is 2.68. The molecule has 3 saturated carbocycles. The standard InChI is InChI=1S/C25H35NO3S/c1-15(27)29-17-9-11-24(2)16(13-17)5-6-18-19-7-8-21(23-26-14-22(28-4)30-23)25(19,3)12-10-20(18)24/h5,14,17-21H,6-13H2,1-4H3. The molecular formula is C25H35NO3S. The van der Waals surface area contributed by atoms with E-state index in [0.29, 0.717) is 16.7 Å². The Morgan fingerprint density at radius 3 is 2.73 bits per heavy atom. The molecule has 4 nitrogen and oxygen atoms in total. The third-order valence-electron chi connectivity index (χ3n) is 9.39. The summed E-state index contributed by atoms with van der Waals surface area (Å²) in [5, 5.41) is 2.23. The monoisotopic (exact) mass is 429 g/mol. The minimum absolute atomic E-state index is 0.0861. The van der Waals surface area contributed by atoms with Gasteiger partial charge in [-0.2, -0.15) is 0 Å². The summed E-state index contributed by atoms with van der Waals surface area (Å²) in [6.07, 6.45) is 14.1. The Morgan fingerprint density at radius 1 is 1.17 bits per heavy atom. The molecule has 1 heterocycles. The minimum atomic E-state index is -0.137. The number of allylic oxidation sites excluding steroid dienone is 1. The Bertz CT molecular complexity index is 862. The summed E-state index contributed by atoms with van der Waals surface area (Å²) < 4.78 is 11.0. The van der Waals surface area contributed by atoms with Crippen LogP contribution in [-0.4, -0.2) is 24.2 Å². The van der Waals surface area contributed by atoms with Gasteiger partial charge in [0.1, 0.15) is 6.10 Å². The molecular weight excluding hydrogens is 394 g/mol. The summed E-state index contributed by atoms with van der Waals surface area (Å²) >= 11 is 1.75. The Morgan fingerprint density at radius 2 is 2.00 bits per heavy atom. The quantitative estimate of drug-likeness (QED) is 0.428. The molecule has 1 aromatic rings. The number of rotatable bonds is 3. The van der Waals surface area contributed by atoms with Gasteiger partial charge in [0, 0.05) is 19.3 Å². The maximum Gasteiger partial charge on any atom is 0.302 e. The lowest BCUT2D eigenvalue weighted by Crippen LogP contribution is -2.50. The van der Waals surface area contributed by atoms with E-state index in [9.17, 15) is 4.79 Å². The zero-order chi connectivity index (χ0) is 21.1. The summed E-state index contributed by atoms with van der Waals surface area (Å²) in [6, 6.07) is 0. The second kappa shape index (κ2) is 7.36. The number of ether oxygens (including phenoxy) is 2. The molecule has 30 heavy (non-hydrogen) atoms. The van der Waals surface area contributed by atoms with Crippen molar-refractivity contribution in [2.45, 2.75) is 84.2 Å². The molecule has 0 saturated heterocycles. The number of esters is 1. The molecule has 7 atom stereocenters. The fourth-order valence-corrected chi connectivity index (χ4v) is 8.93. The van der Waals surface area contributed by atoms with Crippen LogP contribution in [0, 0.1) is 28.6 Å². The first-order valence-electron chi connectivity index (χ1n) is 11.7. The van der Waals surface area contributed by atoms with Crippen molar-refractivity contribution >= 4 is 17.3 Å². The molecule has 7 unspecified atom stereocenters. The fourth-order valence-electron chi connectivity index (χ4n) is 7.90. The Labute approximate surface area is 184 Å². The molecule has 0 radical (unpaired) electrons. The number of aromatic nitrogens is 1. The number of carbonyl (C=O) groups excluding carboxylic acids is 1. The van der Waals surface area contributed by atoms with E-state index < -0.39 is 0 Å². The first-order chi connectivity index (χ1) is 14.3. The Hall–Kier alpha value is -1.36. The zero-order valence-corrected chi connectivity index (χ0v) is 19.6. The second-order valence-corrected chi connectivity index (χ2v) is 11.7. The SMILES string of the molecule is COc1cnc(C2CCC3C4CC=C5CC(OC(C)=O)CCC5(C)C4CCC23C)s1. The maximum atomic E-state index is 11.5. The highest BCUT2D eigenvalue weighted by atomic mass is 32.1. The largest absolute Gasteiger partial charge is 0.486 e. The highest BCUT2D eigenvalue weighted by molar-refractivity contribution is 7.13. The molecule has 1 aromatic heterocycles. The van der Waals surface area contributed by atoms with Gasteiger partial charge < -0.3 is 9.47 Å². The van der Waals surface area contributed by atoms with Crippen molar-refractivity contribution < 1.29 is 14.3 Å². The maximum absolute atomic E-state index is 11.5. The molecule has 0 amide bonds. The number of fused-ring (bicyclic) bond motifs is 5. The van der Waals surface area contributed by atoms with Crippen LogP contribution in [0.1, 0.15) is 83.1 Å². The number of methoxy groups -OCH3 is 1. The van der Waals surface area contributed by atoms with E-state index in [1.165, 1.54) is 44.0 Å². The lowest BCUT2D eigenvalue weighted by Gasteiger charge is -2.58. The van der Waals surface area contributed by atoms with Gasteiger partial charge in [-0.25, -0.2) is 4.98 Å². The molecule has 164 valence electrons. The predicted molar refractivity (Wildman–Crippen MR) is 119 cm³/mol. The van der Waals surface area contributed by atoms with Gasteiger partial charge in [-0.05, 0) is 73.5 Å². The van der Waals surface area contributed by atoms with Crippen LogP contribution < -0.4 is 4.74 Å². The third kappa shape index (κ3) is 3.06. The molecule has 5 rings (SSSR count). The van der Waals surface area contributed by atoms with Gasteiger partial charge in [0.05, 0.1) is 18.3 Å². The van der Waals surface area contributed by atoms with Crippen molar-refractivity contribution in [3.8, 4) is 5.06 Å². The lowest BCUT2D eigenvalue weighted by atomic mass is 9.47. The summed E-state index contributed by atoms with van der Waals surface area (Å²) in [7, 11) is 1.74. The van der Waals surface area contributed by atoms with Crippen LogP contribution in [0.2, 0.25) is 0 Å². The number of carbonyl (C=O) groups is 1. The van der Waals surface area contributed by atoms with E-state index in [2.05, 4.69) is 19.9 Å². The number of thiazole rings is 1. The molecule has 4 aliphatic rings.